The van der Waals surface area contributed by atoms with Crippen LogP contribution in [-0.4, -0.2) is 25.0 Å². The molecule has 0 spiro atoms. The maximum absolute atomic E-state index is 13.0. The molecule has 1 aliphatic heterocycles. The Bertz CT molecular complexity index is 438. The Balaban J connectivity index is 2.21. The van der Waals surface area contributed by atoms with Crippen LogP contribution in [0.1, 0.15) is 51.5 Å². The second-order valence-corrected chi connectivity index (χ2v) is 6.07. The van der Waals surface area contributed by atoms with Crippen LogP contribution in [0.5, 0.6) is 0 Å². The van der Waals surface area contributed by atoms with Gasteiger partial charge in [-0.15, -0.1) is 0 Å². The Morgan fingerprint density at radius 2 is 1.90 bits per heavy atom. The van der Waals surface area contributed by atoms with Gasteiger partial charge in [-0.1, -0.05) is 50.6 Å². The molecule has 21 heavy (non-hydrogen) atoms. The minimum Gasteiger partial charge on any atom is -0.353 e. The number of rotatable bonds is 6. The molecule has 0 bridgehead atoms. The fourth-order valence-corrected chi connectivity index (χ4v) is 3.31. The summed E-state index contributed by atoms with van der Waals surface area (Å²) in [5, 5.41) is 6.69. The van der Waals surface area contributed by atoms with Crippen molar-refractivity contribution in [2.45, 2.75) is 57.4 Å². The van der Waals surface area contributed by atoms with Gasteiger partial charge in [-0.05, 0) is 44.3 Å². The summed E-state index contributed by atoms with van der Waals surface area (Å²) in [7, 11) is 0. The van der Waals surface area contributed by atoms with Crippen molar-refractivity contribution >= 4 is 5.91 Å². The summed E-state index contributed by atoms with van der Waals surface area (Å²) in [6.07, 6.45) is 4.93. The molecular weight excluding hydrogens is 260 g/mol. The molecule has 0 aromatic heterocycles. The smallest absolute Gasteiger partial charge is 0.230 e. The molecule has 0 aliphatic carbocycles. The molecule has 0 saturated carbocycles. The van der Waals surface area contributed by atoms with Gasteiger partial charge in [0.05, 0.1) is 5.41 Å². The number of nitrogens with one attached hydrogen (secondary N) is 2. The molecule has 0 radical (unpaired) electrons. The highest BCUT2D eigenvalue weighted by Crippen LogP contribution is 2.34. The molecule has 1 heterocycles. The van der Waals surface area contributed by atoms with E-state index in [1.54, 1.807) is 0 Å². The molecule has 1 fully saturated rings. The van der Waals surface area contributed by atoms with Gasteiger partial charge in [-0.3, -0.25) is 4.79 Å². The third kappa shape index (κ3) is 3.65. The lowest BCUT2D eigenvalue weighted by Crippen LogP contribution is -2.52. The summed E-state index contributed by atoms with van der Waals surface area (Å²) < 4.78 is 0. The maximum atomic E-state index is 13.0. The van der Waals surface area contributed by atoms with Gasteiger partial charge in [0.25, 0.3) is 0 Å². The number of hydrogen-bond acceptors (Lipinski definition) is 2. The van der Waals surface area contributed by atoms with Crippen molar-refractivity contribution in [1.82, 2.24) is 10.6 Å². The van der Waals surface area contributed by atoms with Crippen molar-refractivity contribution in [3.8, 4) is 0 Å². The fraction of sp³-hybridized carbons (Fsp3) is 0.611. The zero-order valence-electron chi connectivity index (χ0n) is 13.3. The Morgan fingerprint density at radius 1 is 1.24 bits per heavy atom. The molecule has 2 N–H and O–H groups in total. The first kappa shape index (κ1) is 16.0. The van der Waals surface area contributed by atoms with Gasteiger partial charge in [0.15, 0.2) is 0 Å². The highest BCUT2D eigenvalue weighted by Gasteiger charge is 2.41. The maximum Gasteiger partial charge on any atom is 0.230 e. The first-order valence-corrected chi connectivity index (χ1v) is 8.30. The standard InChI is InChI=1S/C18H28N2O/c1-3-8-16(4-2)20-17(21)18(11-13-19-14-12-18)15-9-6-5-7-10-15/h5-7,9-10,16,19H,3-4,8,11-14H2,1-2H3,(H,20,21). The normalized spacial score (nSPS) is 19.0. The average Bonchev–Trinajstić information content (AvgIpc) is 2.55. The van der Waals surface area contributed by atoms with E-state index >= 15 is 0 Å². The van der Waals surface area contributed by atoms with Crippen LogP contribution in [0.25, 0.3) is 0 Å². The third-order valence-electron chi connectivity index (χ3n) is 4.68. The van der Waals surface area contributed by atoms with Crippen LogP contribution in [0.2, 0.25) is 0 Å². The van der Waals surface area contributed by atoms with Crippen molar-refractivity contribution < 1.29 is 4.79 Å². The van der Waals surface area contributed by atoms with E-state index in [1.165, 1.54) is 0 Å². The van der Waals surface area contributed by atoms with Crippen LogP contribution in [-0.2, 0) is 10.2 Å². The second kappa shape index (κ2) is 7.60. The quantitative estimate of drug-likeness (QED) is 0.845. The molecule has 1 saturated heterocycles. The van der Waals surface area contributed by atoms with E-state index in [9.17, 15) is 4.79 Å². The molecule has 1 unspecified atom stereocenters. The predicted molar refractivity (Wildman–Crippen MR) is 87.4 cm³/mol. The summed E-state index contributed by atoms with van der Waals surface area (Å²) in [5.74, 6) is 0.218. The number of hydrogen-bond donors (Lipinski definition) is 2. The van der Waals surface area contributed by atoms with Crippen molar-refractivity contribution in [1.29, 1.82) is 0 Å². The van der Waals surface area contributed by atoms with Gasteiger partial charge in [0, 0.05) is 6.04 Å². The average molecular weight is 288 g/mol. The Hall–Kier alpha value is -1.35. The van der Waals surface area contributed by atoms with Gasteiger partial charge >= 0.3 is 0 Å². The lowest BCUT2D eigenvalue weighted by Gasteiger charge is -2.38. The highest BCUT2D eigenvalue weighted by molar-refractivity contribution is 5.88. The van der Waals surface area contributed by atoms with Crippen molar-refractivity contribution in [2.75, 3.05) is 13.1 Å². The Labute approximate surface area is 128 Å². The van der Waals surface area contributed by atoms with E-state index in [4.69, 9.17) is 0 Å². The highest BCUT2D eigenvalue weighted by atomic mass is 16.2. The van der Waals surface area contributed by atoms with Gasteiger partial charge in [0.1, 0.15) is 0 Å². The summed E-state index contributed by atoms with van der Waals surface area (Å²) in [6, 6.07) is 10.6. The second-order valence-electron chi connectivity index (χ2n) is 6.07. The molecule has 1 aromatic carbocycles. The molecule has 1 aromatic rings. The molecule has 3 nitrogen and oxygen atoms in total. The largest absolute Gasteiger partial charge is 0.353 e. The van der Waals surface area contributed by atoms with Crippen molar-refractivity contribution in [3.63, 3.8) is 0 Å². The predicted octanol–water partition coefficient (Wildman–Crippen LogP) is 3.00. The lowest BCUT2D eigenvalue weighted by atomic mass is 9.72. The first-order valence-electron chi connectivity index (χ1n) is 8.30. The van der Waals surface area contributed by atoms with E-state index in [-0.39, 0.29) is 11.3 Å². The van der Waals surface area contributed by atoms with Crippen LogP contribution in [0.3, 0.4) is 0 Å². The topological polar surface area (TPSA) is 41.1 Å². The minimum absolute atomic E-state index is 0.218. The van der Waals surface area contributed by atoms with Crippen LogP contribution < -0.4 is 10.6 Å². The van der Waals surface area contributed by atoms with Gasteiger partial charge in [0.2, 0.25) is 5.91 Å². The summed E-state index contributed by atoms with van der Waals surface area (Å²) in [5.41, 5.74) is 0.809. The number of carbonyl (C=O) groups is 1. The third-order valence-corrected chi connectivity index (χ3v) is 4.68. The Morgan fingerprint density at radius 3 is 2.48 bits per heavy atom. The SMILES string of the molecule is CCCC(CC)NC(=O)C1(c2ccccc2)CCNCC1. The van der Waals surface area contributed by atoms with Crippen molar-refractivity contribution in [3.05, 3.63) is 35.9 Å². The number of carbonyl (C=O) groups excluding carboxylic acids is 1. The van der Waals surface area contributed by atoms with Gasteiger partial charge in [-0.2, -0.15) is 0 Å². The van der Waals surface area contributed by atoms with E-state index in [0.717, 1.165) is 50.8 Å². The van der Waals surface area contributed by atoms with Gasteiger partial charge < -0.3 is 10.6 Å². The first-order chi connectivity index (χ1) is 10.2. The molecule has 1 atom stereocenters. The van der Waals surface area contributed by atoms with Gasteiger partial charge in [-0.25, -0.2) is 0 Å². The van der Waals surface area contributed by atoms with E-state index in [0.29, 0.717) is 6.04 Å². The van der Waals surface area contributed by atoms with Crippen LogP contribution >= 0.6 is 0 Å². The number of piperidine rings is 1. The van der Waals surface area contributed by atoms with Crippen LogP contribution in [0.15, 0.2) is 30.3 Å². The lowest BCUT2D eigenvalue weighted by molar-refractivity contribution is -0.128. The van der Waals surface area contributed by atoms with E-state index < -0.39 is 0 Å². The van der Waals surface area contributed by atoms with Crippen LogP contribution in [0, 0.1) is 0 Å². The summed E-state index contributed by atoms with van der Waals surface area (Å²) in [6.45, 7) is 6.14. The molecular formula is C18H28N2O. The molecule has 1 amide bonds. The molecule has 1 aliphatic rings. The van der Waals surface area contributed by atoms with Crippen molar-refractivity contribution in [2.24, 2.45) is 0 Å². The van der Waals surface area contributed by atoms with Crippen LogP contribution in [0.4, 0.5) is 0 Å². The summed E-state index contributed by atoms with van der Waals surface area (Å²) >= 11 is 0. The number of benzene rings is 1. The fourth-order valence-electron chi connectivity index (χ4n) is 3.31. The zero-order chi connectivity index (χ0) is 15.1. The zero-order valence-corrected chi connectivity index (χ0v) is 13.3. The number of amides is 1. The monoisotopic (exact) mass is 288 g/mol. The Kier molecular flexibility index (Phi) is 5.80. The summed E-state index contributed by atoms with van der Waals surface area (Å²) in [4.78, 5) is 13.0. The van der Waals surface area contributed by atoms with E-state index in [1.807, 2.05) is 18.2 Å². The molecule has 3 heteroatoms. The molecule has 116 valence electrons. The minimum atomic E-state index is -0.354. The van der Waals surface area contributed by atoms with E-state index in [2.05, 4.69) is 36.6 Å². The molecule has 2 rings (SSSR count).